The molecule has 124 valence electrons. The first-order chi connectivity index (χ1) is 9.83. The normalized spacial score (nSPS) is 11.3. The molecule has 1 aromatic rings. The lowest BCUT2D eigenvalue weighted by Gasteiger charge is -2.20. The summed E-state index contributed by atoms with van der Waals surface area (Å²) >= 11 is 0. The molecular formula is C14H20ClF2N3O2. The number of halogens is 3. The van der Waals surface area contributed by atoms with Crippen LogP contribution in [0.25, 0.3) is 0 Å². The number of amides is 2. The number of nitrogens with two attached hydrogens (primary N) is 1. The van der Waals surface area contributed by atoms with E-state index in [1.807, 2.05) is 6.92 Å². The third-order valence-electron chi connectivity index (χ3n) is 2.82. The van der Waals surface area contributed by atoms with Crippen molar-refractivity contribution in [2.24, 2.45) is 5.73 Å². The lowest BCUT2D eigenvalue weighted by atomic mass is 10.1. The van der Waals surface area contributed by atoms with Crippen LogP contribution >= 0.6 is 12.4 Å². The van der Waals surface area contributed by atoms with Crippen LogP contribution in [0.2, 0.25) is 0 Å². The average molecular weight is 336 g/mol. The van der Waals surface area contributed by atoms with Crippen molar-refractivity contribution in [3.05, 3.63) is 29.8 Å². The third-order valence-corrected chi connectivity index (χ3v) is 2.82. The lowest BCUT2D eigenvalue weighted by molar-refractivity contribution is -0.134. The zero-order valence-corrected chi connectivity index (χ0v) is 13.3. The maximum atomic E-state index is 13.0. The Hall–Kier alpha value is -1.73. The average Bonchev–Trinajstić information content (AvgIpc) is 2.36. The summed E-state index contributed by atoms with van der Waals surface area (Å²) in [6.07, 6.45) is 1.29. The van der Waals surface area contributed by atoms with E-state index in [0.717, 1.165) is 18.6 Å². The Morgan fingerprint density at radius 3 is 2.32 bits per heavy atom. The van der Waals surface area contributed by atoms with Crippen molar-refractivity contribution in [2.45, 2.75) is 25.8 Å². The summed E-state index contributed by atoms with van der Waals surface area (Å²) in [5.41, 5.74) is 5.67. The van der Waals surface area contributed by atoms with Gasteiger partial charge in [-0.3, -0.25) is 9.59 Å². The number of carbonyl (C=O) groups excluding carboxylic acids is 2. The van der Waals surface area contributed by atoms with Crippen LogP contribution in [0.5, 0.6) is 0 Å². The molecular weight excluding hydrogens is 316 g/mol. The fourth-order valence-corrected chi connectivity index (χ4v) is 1.84. The molecule has 1 aromatic carbocycles. The maximum absolute atomic E-state index is 13.0. The second kappa shape index (κ2) is 9.32. The van der Waals surface area contributed by atoms with Gasteiger partial charge in [0, 0.05) is 18.8 Å². The molecule has 0 spiro atoms. The van der Waals surface area contributed by atoms with Crippen LogP contribution in [-0.4, -0.2) is 36.3 Å². The molecule has 0 saturated heterocycles. The molecule has 0 saturated carbocycles. The van der Waals surface area contributed by atoms with Gasteiger partial charge in [-0.25, -0.2) is 8.78 Å². The molecule has 5 nitrogen and oxygen atoms in total. The van der Waals surface area contributed by atoms with Crippen molar-refractivity contribution >= 4 is 29.9 Å². The van der Waals surface area contributed by atoms with Crippen LogP contribution in [0.15, 0.2) is 18.2 Å². The summed E-state index contributed by atoms with van der Waals surface area (Å²) in [4.78, 5) is 24.8. The quantitative estimate of drug-likeness (QED) is 0.834. The van der Waals surface area contributed by atoms with Crippen molar-refractivity contribution in [2.75, 3.05) is 18.9 Å². The molecule has 0 fully saturated rings. The highest BCUT2D eigenvalue weighted by atomic mass is 35.5. The van der Waals surface area contributed by atoms with Gasteiger partial charge in [0.1, 0.15) is 11.6 Å². The van der Waals surface area contributed by atoms with E-state index in [9.17, 15) is 18.4 Å². The summed E-state index contributed by atoms with van der Waals surface area (Å²) in [5, 5.41) is 2.33. The second-order valence-electron chi connectivity index (χ2n) is 4.80. The molecule has 0 aromatic heterocycles. The highest BCUT2D eigenvalue weighted by molar-refractivity contribution is 5.95. The molecule has 0 aliphatic rings. The number of likely N-dealkylation sites (N-methyl/N-ethyl adjacent to an activating group) is 1. The second-order valence-corrected chi connectivity index (χ2v) is 4.80. The Balaban J connectivity index is 0.00000441. The molecule has 22 heavy (non-hydrogen) atoms. The van der Waals surface area contributed by atoms with Crippen LogP contribution in [0.1, 0.15) is 19.8 Å². The minimum Gasteiger partial charge on any atom is -0.335 e. The number of anilines is 1. The van der Waals surface area contributed by atoms with Gasteiger partial charge < -0.3 is 16.0 Å². The first-order valence-corrected chi connectivity index (χ1v) is 6.60. The standard InChI is InChI=1S/C14H19F2N3O2.ClH/c1-3-4-12(17)14(21)19(2)8-13(20)18-11-6-9(15)5-10(16)7-11;/h5-7,12H,3-4,8,17H2,1-2H3,(H,18,20);1H. The van der Waals surface area contributed by atoms with E-state index in [-0.39, 0.29) is 30.5 Å². The number of benzene rings is 1. The molecule has 1 atom stereocenters. The van der Waals surface area contributed by atoms with Crippen molar-refractivity contribution in [1.29, 1.82) is 0 Å². The smallest absolute Gasteiger partial charge is 0.243 e. The Kier molecular flexibility index (Phi) is 8.59. The molecule has 3 N–H and O–H groups in total. The molecule has 2 amide bonds. The zero-order valence-electron chi connectivity index (χ0n) is 12.4. The summed E-state index contributed by atoms with van der Waals surface area (Å²) in [6, 6.07) is 2.03. The number of rotatable bonds is 6. The summed E-state index contributed by atoms with van der Waals surface area (Å²) < 4.78 is 26.0. The zero-order chi connectivity index (χ0) is 16.0. The van der Waals surface area contributed by atoms with Crippen LogP contribution in [-0.2, 0) is 9.59 Å². The highest BCUT2D eigenvalue weighted by Crippen LogP contribution is 2.12. The third kappa shape index (κ3) is 6.36. The van der Waals surface area contributed by atoms with Crippen LogP contribution in [0, 0.1) is 11.6 Å². The van der Waals surface area contributed by atoms with Gasteiger partial charge in [-0.2, -0.15) is 0 Å². The van der Waals surface area contributed by atoms with Crippen LogP contribution in [0.3, 0.4) is 0 Å². The van der Waals surface area contributed by atoms with Gasteiger partial charge in [-0.05, 0) is 18.6 Å². The Bertz CT molecular complexity index is 509. The maximum Gasteiger partial charge on any atom is 0.243 e. The topological polar surface area (TPSA) is 75.4 Å². The van der Waals surface area contributed by atoms with Crippen molar-refractivity contribution < 1.29 is 18.4 Å². The van der Waals surface area contributed by atoms with E-state index in [0.29, 0.717) is 12.5 Å². The van der Waals surface area contributed by atoms with Gasteiger partial charge in [0.05, 0.1) is 12.6 Å². The minimum atomic E-state index is -0.792. The van der Waals surface area contributed by atoms with Gasteiger partial charge in [0.15, 0.2) is 0 Å². The van der Waals surface area contributed by atoms with Gasteiger partial charge in [0.2, 0.25) is 11.8 Å². The van der Waals surface area contributed by atoms with Crippen molar-refractivity contribution in [3.8, 4) is 0 Å². The van der Waals surface area contributed by atoms with E-state index >= 15 is 0 Å². The first-order valence-electron chi connectivity index (χ1n) is 6.60. The van der Waals surface area contributed by atoms with Gasteiger partial charge in [-0.15, -0.1) is 12.4 Å². The van der Waals surface area contributed by atoms with E-state index < -0.39 is 23.6 Å². The van der Waals surface area contributed by atoms with Crippen molar-refractivity contribution in [3.63, 3.8) is 0 Å². The number of carbonyl (C=O) groups is 2. The van der Waals surface area contributed by atoms with Gasteiger partial charge in [-0.1, -0.05) is 13.3 Å². The van der Waals surface area contributed by atoms with E-state index in [1.54, 1.807) is 0 Å². The fourth-order valence-electron chi connectivity index (χ4n) is 1.84. The molecule has 8 heteroatoms. The Morgan fingerprint density at radius 1 is 1.27 bits per heavy atom. The summed E-state index contributed by atoms with van der Waals surface area (Å²) in [6.45, 7) is 1.66. The Labute approximate surface area is 134 Å². The number of nitrogens with one attached hydrogen (secondary N) is 1. The SMILES string of the molecule is CCCC(N)C(=O)N(C)CC(=O)Nc1cc(F)cc(F)c1.Cl. The molecule has 1 rings (SSSR count). The van der Waals surface area contributed by atoms with Crippen LogP contribution in [0.4, 0.5) is 14.5 Å². The van der Waals surface area contributed by atoms with E-state index in [1.165, 1.54) is 11.9 Å². The van der Waals surface area contributed by atoms with E-state index in [2.05, 4.69) is 5.32 Å². The summed E-state index contributed by atoms with van der Waals surface area (Å²) in [7, 11) is 1.45. The largest absolute Gasteiger partial charge is 0.335 e. The lowest BCUT2D eigenvalue weighted by Crippen LogP contribution is -2.44. The predicted molar refractivity (Wildman–Crippen MR) is 82.8 cm³/mol. The number of hydrogen-bond donors (Lipinski definition) is 2. The number of hydrogen-bond acceptors (Lipinski definition) is 3. The van der Waals surface area contributed by atoms with Crippen molar-refractivity contribution in [1.82, 2.24) is 4.90 Å². The van der Waals surface area contributed by atoms with Gasteiger partial charge >= 0.3 is 0 Å². The monoisotopic (exact) mass is 335 g/mol. The Morgan fingerprint density at radius 2 is 1.82 bits per heavy atom. The van der Waals surface area contributed by atoms with Crippen LogP contribution < -0.4 is 11.1 Å². The summed E-state index contributed by atoms with van der Waals surface area (Å²) in [5.74, 6) is -2.49. The molecule has 0 radical (unpaired) electrons. The predicted octanol–water partition coefficient (Wildman–Crippen LogP) is 1.91. The minimum absolute atomic E-state index is 0. The molecule has 0 aliphatic heterocycles. The first kappa shape index (κ1) is 20.3. The molecule has 0 aliphatic carbocycles. The van der Waals surface area contributed by atoms with E-state index in [4.69, 9.17) is 5.73 Å². The molecule has 0 heterocycles. The number of nitrogens with zero attached hydrogens (tertiary/aromatic N) is 1. The van der Waals surface area contributed by atoms with Gasteiger partial charge in [0.25, 0.3) is 0 Å². The highest BCUT2D eigenvalue weighted by Gasteiger charge is 2.19. The molecule has 1 unspecified atom stereocenters. The molecule has 0 bridgehead atoms. The fraction of sp³-hybridized carbons (Fsp3) is 0.429.